The summed E-state index contributed by atoms with van der Waals surface area (Å²) in [5.74, 6) is -1.57. The molecule has 1 unspecified atom stereocenters. The third-order valence-electron chi connectivity index (χ3n) is 3.37. The molecule has 0 bridgehead atoms. The molecule has 0 spiro atoms. The van der Waals surface area contributed by atoms with Crippen molar-refractivity contribution < 1.29 is 29.0 Å². The lowest BCUT2D eigenvalue weighted by molar-refractivity contribution is -0.157. The minimum Gasteiger partial charge on any atom is -0.477 e. The second-order valence-electron chi connectivity index (χ2n) is 5.09. The van der Waals surface area contributed by atoms with Gasteiger partial charge in [0.05, 0.1) is 4.24 Å². The highest BCUT2D eigenvalue weighted by atomic mass is 35.6. The minimum atomic E-state index is -1.76. The Balaban J connectivity index is 1.99. The number of amides is 1. The average Bonchev–Trinajstić information content (AvgIpc) is 2.79. The van der Waals surface area contributed by atoms with Gasteiger partial charge in [-0.15, -0.1) is 11.8 Å². The predicted molar refractivity (Wildman–Crippen MR) is 96.7 cm³/mol. The van der Waals surface area contributed by atoms with Gasteiger partial charge in [-0.25, -0.2) is 9.59 Å². The van der Waals surface area contributed by atoms with Crippen molar-refractivity contribution in [2.45, 2.75) is 29.1 Å². The number of hydrogen-bond donors (Lipinski definition) is 1. The van der Waals surface area contributed by atoms with Crippen LogP contribution in [0, 0.1) is 5.92 Å². The number of thioether (sulfide) groups is 2. The van der Waals surface area contributed by atoms with E-state index in [9.17, 15) is 19.5 Å². The van der Waals surface area contributed by atoms with E-state index in [2.05, 4.69) is 4.74 Å². The molecule has 2 heterocycles. The van der Waals surface area contributed by atoms with Crippen LogP contribution >= 0.6 is 58.3 Å². The van der Waals surface area contributed by atoms with Crippen molar-refractivity contribution in [3.05, 3.63) is 9.93 Å². The van der Waals surface area contributed by atoms with Crippen LogP contribution in [0.3, 0.4) is 0 Å². The van der Waals surface area contributed by atoms with E-state index < -0.39 is 45.8 Å². The van der Waals surface area contributed by atoms with E-state index in [1.165, 1.54) is 35.3 Å². The Morgan fingerprint density at radius 3 is 2.60 bits per heavy atom. The van der Waals surface area contributed by atoms with Crippen molar-refractivity contribution in [1.82, 2.24) is 4.90 Å². The number of fused-ring (bicyclic) bond motifs is 1. The number of carboxylic acid groups (broad SMARTS) is 1. The zero-order valence-electron chi connectivity index (χ0n) is 13.0. The van der Waals surface area contributed by atoms with Crippen LogP contribution in [-0.4, -0.2) is 55.7 Å². The molecule has 0 saturated carbocycles. The Morgan fingerprint density at radius 2 is 2.08 bits per heavy atom. The second kappa shape index (κ2) is 8.04. The molecule has 1 fully saturated rings. The minimum absolute atomic E-state index is 0.0194. The topological polar surface area (TPSA) is 93.1 Å². The van der Waals surface area contributed by atoms with Gasteiger partial charge in [0.25, 0.3) is 0 Å². The van der Waals surface area contributed by atoms with Gasteiger partial charge in [-0.3, -0.25) is 9.69 Å². The fourth-order valence-electron chi connectivity index (χ4n) is 2.37. The lowest BCUT2D eigenvalue weighted by Gasteiger charge is -2.44. The third-order valence-corrected chi connectivity index (χ3v) is 6.23. The number of hydrogen-bond acceptors (Lipinski definition) is 7. The quantitative estimate of drug-likeness (QED) is 0.374. The van der Waals surface area contributed by atoms with Crippen LogP contribution in [-0.2, 0) is 19.1 Å². The van der Waals surface area contributed by atoms with Gasteiger partial charge in [0.15, 0.2) is 5.70 Å². The summed E-state index contributed by atoms with van der Waals surface area (Å²) in [5, 5.41) is 8.92. The number of aliphatic carboxylic acids is 1. The van der Waals surface area contributed by atoms with Gasteiger partial charge in [-0.2, -0.15) is 0 Å². The van der Waals surface area contributed by atoms with E-state index in [4.69, 9.17) is 39.5 Å². The number of rotatable bonds is 6. The van der Waals surface area contributed by atoms with Crippen molar-refractivity contribution in [3.8, 4) is 0 Å². The molecule has 2 aliphatic rings. The molecular weight excluding hydrogens is 437 g/mol. The monoisotopic (exact) mass is 449 g/mol. The van der Waals surface area contributed by atoms with E-state index in [0.717, 1.165) is 0 Å². The maximum absolute atomic E-state index is 12.4. The van der Waals surface area contributed by atoms with Crippen LogP contribution in [0.1, 0.15) is 13.8 Å². The number of carbonyl (C=O) groups is 3. The highest BCUT2D eigenvalue weighted by Gasteiger charge is 2.58. The van der Waals surface area contributed by atoms with Gasteiger partial charge >= 0.3 is 12.1 Å². The summed E-state index contributed by atoms with van der Waals surface area (Å²) in [6.07, 6.45) is -1.88. The molecule has 0 aromatic carbocycles. The summed E-state index contributed by atoms with van der Waals surface area (Å²) < 4.78 is 8.52. The number of nitrogens with zero attached hydrogens (tertiary/aromatic N) is 1. The SMILES string of the molecule is CCSC1=C(C(=O)O)N2C(=O)[C@H](C(C)OC(=O)OCC(Cl)(Cl)Cl)[C@H]2S1. The summed E-state index contributed by atoms with van der Waals surface area (Å²) in [7, 11) is 0. The normalized spacial score (nSPS) is 23.9. The molecule has 2 aliphatic heterocycles. The predicted octanol–water partition coefficient (Wildman–Crippen LogP) is 3.44. The molecule has 140 valence electrons. The number of ether oxygens (including phenoxy) is 2. The zero-order chi connectivity index (χ0) is 18.9. The second-order valence-corrected chi connectivity index (χ2v) is 10.3. The van der Waals surface area contributed by atoms with Gasteiger partial charge in [-0.1, -0.05) is 53.5 Å². The van der Waals surface area contributed by atoms with Crippen molar-refractivity contribution >= 4 is 76.4 Å². The van der Waals surface area contributed by atoms with Gasteiger partial charge in [-0.05, 0) is 12.7 Å². The fraction of sp³-hybridized carbons (Fsp3) is 0.615. The number of carboxylic acids is 1. The van der Waals surface area contributed by atoms with Crippen LogP contribution in [0.5, 0.6) is 0 Å². The van der Waals surface area contributed by atoms with Crippen LogP contribution < -0.4 is 0 Å². The van der Waals surface area contributed by atoms with E-state index in [0.29, 0.717) is 9.99 Å². The number of halogens is 3. The molecule has 7 nitrogen and oxygen atoms in total. The molecule has 0 aromatic rings. The first-order chi connectivity index (χ1) is 11.6. The lowest BCUT2D eigenvalue weighted by atomic mass is 9.92. The van der Waals surface area contributed by atoms with E-state index >= 15 is 0 Å². The number of alkyl halides is 3. The molecule has 25 heavy (non-hydrogen) atoms. The van der Waals surface area contributed by atoms with Gasteiger partial charge in [0.2, 0.25) is 9.70 Å². The Bertz CT molecular complexity index is 623. The van der Waals surface area contributed by atoms with Gasteiger partial charge < -0.3 is 14.6 Å². The Morgan fingerprint density at radius 1 is 1.44 bits per heavy atom. The zero-order valence-corrected chi connectivity index (χ0v) is 16.9. The van der Waals surface area contributed by atoms with Gasteiger partial charge in [0, 0.05) is 0 Å². The van der Waals surface area contributed by atoms with Crippen molar-refractivity contribution in [3.63, 3.8) is 0 Å². The lowest BCUT2D eigenvalue weighted by Crippen LogP contribution is -2.61. The molecular formula is C13H14Cl3NO6S2. The Hall–Kier alpha value is -0.480. The maximum atomic E-state index is 12.4. The molecule has 0 aromatic heterocycles. The van der Waals surface area contributed by atoms with E-state index in [1.807, 2.05) is 6.92 Å². The summed E-state index contributed by atoms with van der Waals surface area (Å²) in [6.45, 7) is 2.93. The fourth-order valence-corrected chi connectivity index (χ4v) is 5.36. The smallest absolute Gasteiger partial charge is 0.477 e. The highest BCUT2D eigenvalue weighted by Crippen LogP contribution is 2.54. The van der Waals surface area contributed by atoms with Crippen molar-refractivity contribution in [2.24, 2.45) is 5.92 Å². The summed E-state index contributed by atoms with van der Waals surface area (Å²) >= 11 is 19.1. The first-order valence-electron chi connectivity index (χ1n) is 7.07. The summed E-state index contributed by atoms with van der Waals surface area (Å²) in [6, 6.07) is 0. The van der Waals surface area contributed by atoms with Crippen LogP contribution in [0.15, 0.2) is 9.93 Å². The molecule has 3 atom stereocenters. The van der Waals surface area contributed by atoms with Crippen LogP contribution in [0.25, 0.3) is 0 Å². The highest BCUT2D eigenvalue weighted by molar-refractivity contribution is 8.22. The number of β-lactam (4-membered cyclic amide) rings is 1. The summed E-state index contributed by atoms with van der Waals surface area (Å²) in [4.78, 5) is 36.6. The van der Waals surface area contributed by atoms with E-state index in [1.54, 1.807) is 0 Å². The van der Waals surface area contributed by atoms with Gasteiger partial charge in [0.1, 0.15) is 24.0 Å². The van der Waals surface area contributed by atoms with Crippen molar-refractivity contribution in [1.29, 1.82) is 0 Å². The molecule has 1 N–H and O–H groups in total. The largest absolute Gasteiger partial charge is 0.508 e. The molecule has 2 rings (SSSR count). The molecule has 0 radical (unpaired) electrons. The molecule has 1 amide bonds. The molecule has 1 saturated heterocycles. The first kappa shape index (κ1) is 20.8. The number of carbonyl (C=O) groups excluding carboxylic acids is 2. The molecule has 0 aliphatic carbocycles. The maximum Gasteiger partial charge on any atom is 0.508 e. The third kappa shape index (κ3) is 4.63. The van der Waals surface area contributed by atoms with Crippen LogP contribution in [0.2, 0.25) is 0 Å². The molecule has 12 heteroatoms. The standard InChI is InChI=1S/C13H14Cl3NO6S2/c1-3-24-11-7(10(19)20)17-8(18)6(9(17)25-11)5(2)23-12(21)22-4-13(14,15)16/h5-6,9H,3-4H2,1-2H3,(H,19,20)/t5?,6-,9+/m0/s1. The Labute approximate surface area is 167 Å². The van der Waals surface area contributed by atoms with Crippen molar-refractivity contribution in [2.75, 3.05) is 12.4 Å². The first-order valence-corrected chi connectivity index (χ1v) is 10.1. The van der Waals surface area contributed by atoms with Crippen LogP contribution in [0.4, 0.5) is 4.79 Å². The average molecular weight is 451 g/mol. The Kier molecular flexibility index (Phi) is 6.70. The van der Waals surface area contributed by atoms with E-state index in [-0.39, 0.29) is 5.70 Å². The summed E-state index contributed by atoms with van der Waals surface area (Å²) in [5.41, 5.74) is -0.0194.